The number of imide groups is 1. The van der Waals surface area contributed by atoms with Crippen molar-refractivity contribution in [2.75, 3.05) is 27.2 Å². The quantitative estimate of drug-likeness (QED) is 0.734. The van der Waals surface area contributed by atoms with Gasteiger partial charge in [0.2, 0.25) is 5.91 Å². The van der Waals surface area contributed by atoms with Gasteiger partial charge in [0, 0.05) is 5.56 Å². The Hall–Kier alpha value is -2.99. The molecule has 0 saturated carbocycles. The second-order valence-corrected chi connectivity index (χ2v) is 6.59. The molecule has 0 spiro atoms. The zero-order valence-corrected chi connectivity index (χ0v) is 14.9. The molecule has 134 valence electrons. The molecule has 6 heteroatoms. The number of carbonyl (C=O) groups is 3. The van der Waals surface area contributed by atoms with Gasteiger partial charge in [0.15, 0.2) is 0 Å². The summed E-state index contributed by atoms with van der Waals surface area (Å²) in [6, 6.07) is 16.6. The molecule has 6 nitrogen and oxygen atoms in total. The van der Waals surface area contributed by atoms with Gasteiger partial charge in [-0.1, -0.05) is 42.5 Å². The van der Waals surface area contributed by atoms with Crippen molar-refractivity contribution in [2.24, 2.45) is 0 Å². The van der Waals surface area contributed by atoms with E-state index in [4.69, 9.17) is 0 Å². The molecule has 26 heavy (non-hydrogen) atoms. The average molecular weight is 352 g/mol. The largest absolute Gasteiger partial charge is 0.348 e. The summed E-state index contributed by atoms with van der Waals surface area (Å²) in [6.07, 6.45) is 0. The second-order valence-electron chi connectivity index (χ2n) is 6.59. The molecule has 1 atom stereocenters. The third-order valence-electron chi connectivity index (χ3n) is 4.58. The van der Waals surface area contributed by atoms with Gasteiger partial charge in [-0.2, -0.15) is 0 Å². The van der Waals surface area contributed by atoms with E-state index in [1.54, 1.807) is 24.3 Å². The standard InChI is InChI=1S/C20H21N3O3/c1-22(2)17(14-8-4-3-5-9-14)12-21-18(24)13-23-19(25)15-10-6-7-11-16(15)20(23)26/h3-11,17H,12-13H2,1-2H3,(H,21,24)/p+1/t17-/m1/s1. The number of nitrogens with zero attached hydrogens (tertiary/aromatic N) is 1. The lowest BCUT2D eigenvalue weighted by molar-refractivity contribution is -0.890. The third-order valence-corrected chi connectivity index (χ3v) is 4.58. The fourth-order valence-electron chi connectivity index (χ4n) is 3.14. The first kappa shape index (κ1) is 17.8. The first-order valence-corrected chi connectivity index (χ1v) is 8.56. The van der Waals surface area contributed by atoms with Crippen LogP contribution in [-0.4, -0.2) is 49.8 Å². The van der Waals surface area contributed by atoms with Gasteiger partial charge < -0.3 is 10.2 Å². The van der Waals surface area contributed by atoms with Crippen LogP contribution in [0.25, 0.3) is 0 Å². The van der Waals surface area contributed by atoms with Crippen LogP contribution in [0.5, 0.6) is 0 Å². The number of likely N-dealkylation sites (N-methyl/N-ethyl adjacent to an activating group) is 1. The maximum atomic E-state index is 12.3. The van der Waals surface area contributed by atoms with E-state index in [-0.39, 0.29) is 18.5 Å². The fourth-order valence-corrected chi connectivity index (χ4v) is 3.14. The summed E-state index contributed by atoms with van der Waals surface area (Å²) in [5, 5.41) is 2.85. The van der Waals surface area contributed by atoms with E-state index in [2.05, 4.69) is 5.32 Å². The van der Waals surface area contributed by atoms with E-state index < -0.39 is 11.8 Å². The van der Waals surface area contributed by atoms with Crippen LogP contribution in [0.4, 0.5) is 0 Å². The topological polar surface area (TPSA) is 70.9 Å². The maximum Gasteiger partial charge on any atom is 0.262 e. The fraction of sp³-hybridized carbons (Fsp3) is 0.250. The molecular weight excluding hydrogens is 330 g/mol. The van der Waals surface area contributed by atoms with Crippen molar-refractivity contribution >= 4 is 17.7 Å². The predicted octanol–water partition coefficient (Wildman–Crippen LogP) is 0.285. The molecule has 2 aromatic rings. The van der Waals surface area contributed by atoms with Crippen LogP contribution in [0.15, 0.2) is 54.6 Å². The Morgan fingerprint density at radius 1 is 0.962 bits per heavy atom. The van der Waals surface area contributed by atoms with Crippen LogP contribution in [0.2, 0.25) is 0 Å². The number of carbonyl (C=O) groups excluding carboxylic acids is 3. The number of amides is 3. The summed E-state index contributed by atoms with van der Waals surface area (Å²) in [5.74, 6) is -1.18. The highest BCUT2D eigenvalue weighted by Crippen LogP contribution is 2.21. The number of nitrogens with one attached hydrogen (secondary N) is 2. The zero-order valence-electron chi connectivity index (χ0n) is 14.9. The Kier molecular flexibility index (Phi) is 5.14. The number of fused-ring (bicyclic) bond motifs is 1. The van der Waals surface area contributed by atoms with Crippen molar-refractivity contribution in [3.8, 4) is 0 Å². The Morgan fingerprint density at radius 3 is 2.04 bits per heavy atom. The van der Waals surface area contributed by atoms with Gasteiger partial charge in [-0.25, -0.2) is 0 Å². The Labute approximate surface area is 152 Å². The predicted molar refractivity (Wildman–Crippen MR) is 96.8 cm³/mol. The molecule has 0 unspecified atom stereocenters. The Morgan fingerprint density at radius 2 is 1.50 bits per heavy atom. The van der Waals surface area contributed by atoms with Crippen molar-refractivity contribution in [3.05, 3.63) is 71.3 Å². The summed E-state index contributed by atoms with van der Waals surface area (Å²) in [7, 11) is 4.04. The smallest absolute Gasteiger partial charge is 0.262 e. The molecule has 0 bridgehead atoms. The van der Waals surface area contributed by atoms with Gasteiger partial charge in [0.25, 0.3) is 11.8 Å². The third kappa shape index (κ3) is 3.50. The lowest BCUT2D eigenvalue weighted by atomic mass is 10.1. The molecular formula is C20H22N3O3+. The summed E-state index contributed by atoms with van der Waals surface area (Å²) < 4.78 is 0. The molecule has 3 rings (SSSR count). The van der Waals surface area contributed by atoms with Crippen molar-refractivity contribution in [3.63, 3.8) is 0 Å². The van der Waals surface area contributed by atoms with E-state index in [9.17, 15) is 14.4 Å². The minimum Gasteiger partial charge on any atom is -0.348 e. The molecule has 1 heterocycles. The molecule has 1 aliphatic heterocycles. The van der Waals surface area contributed by atoms with Crippen molar-refractivity contribution in [1.82, 2.24) is 10.2 Å². The molecule has 2 aromatic carbocycles. The molecule has 0 fully saturated rings. The van der Waals surface area contributed by atoms with Gasteiger partial charge >= 0.3 is 0 Å². The Bertz CT molecular complexity index is 798. The van der Waals surface area contributed by atoms with Crippen molar-refractivity contribution in [2.45, 2.75) is 6.04 Å². The number of rotatable bonds is 6. The van der Waals surface area contributed by atoms with E-state index in [0.29, 0.717) is 17.7 Å². The summed E-state index contributed by atoms with van der Waals surface area (Å²) in [6.45, 7) is 0.158. The van der Waals surface area contributed by atoms with Gasteiger partial charge in [-0.3, -0.25) is 19.3 Å². The van der Waals surface area contributed by atoms with E-state index >= 15 is 0 Å². The lowest BCUT2D eigenvalue weighted by Gasteiger charge is -2.22. The van der Waals surface area contributed by atoms with Gasteiger partial charge in [0.1, 0.15) is 12.6 Å². The highest BCUT2D eigenvalue weighted by molar-refractivity contribution is 6.22. The highest BCUT2D eigenvalue weighted by atomic mass is 16.2. The van der Waals surface area contributed by atoms with Crippen LogP contribution in [0.1, 0.15) is 32.3 Å². The minimum absolute atomic E-state index is 0.0855. The summed E-state index contributed by atoms with van der Waals surface area (Å²) in [4.78, 5) is 39.2. The van der Waals surface area contributed by atoms with E-state index in [1.807, 2.05) is 44.4 Å². The van der Waals surface area contributed by atoms with Crippen LogP contribution in [0, 0.1) is 0 Å². The minimum atomic E-state index is -0.418. The van der Waals surface area contributed by atoms with Gasteiger partial charge in [0.05, 0.1) is 31.8 Å². The summed E-state index contributed by atoms with van der Waals surface area (Å²) in [5.41, 5.74) is 1.82. The first-order chi connectivity index (χ1) is 12.5. The number of benzene rings is 2. The van der Waals surface area contributed by atoms with Crippen molar-refractivity contribution < 1.29 is 19.3 Å². The van der Waals surface area contributed by atoms with Crippen LogP contribution in [-0.2, 0) is 4.79 Å². The molecule has 0 saturated heterocycles. The van der Waals surface area contributed by atoms with Gasteiger partial charge in [-0.05, 0) is 12.1 Å². The van der Waals surface area contributed by atoms with Crippen LogP contribution >= 0.6 is 0 Å². The van der Waals surface area contributed by atoms with Crippen LogP contribution in [0.3, 0.4) is 0 Å². The highest BCUT2D eigenvalue weighted by Gasteiger charge is 2.36. The SMILES string of the molecule is C[NH+](C)[C@H](CNC(=O)CN1C(=O)c2ccccc2C1=O)c1ccccc1. The molecule has 3 amide bonds. The Balaban J connectivity index is 1.63. The van der Waals surface area contributed by atoms with Crippen LogP contribution < -0.4 is 10.2 Å². The molecule has 0 aliphatic carbocycles. The lowest BCUT2D eigenvalue weighted by Crippen LogP contribution is -3.07. The number of hydrogen-bond acceptors (Lipinski definition) is 3. The second kappa shape index (κ2) is 7.49. The van der Waals surface area contributed by atoms with E-state index in [1.165, 1.54) is 4.90 Å². The summed E-state index contributed by atoms with van der Waals surface area (Å²) >= 11 is 0. The molecule has 1 aliphatic rings. The van der Waals surface area contributed by atoms with Gasteiger partial charge in [-0.15, -0.1) is 0 Å². The molecule has 0 radical (unpaired) electrons. The zero-order chi connectivity index (χ0) is 18.7. The average Bonchev–Trinajstić information content (AvgIpc) is 2.88. The first-order valence-electron chi connectivity index (χ1n) is 8.56. The molecule has 2 N–H and O–H groups in total. The monoisotopic (exact) mass is 352 g/mol. The van der Waals surface area contributed by atoms with Crippen molar-refractivity contribution in [1.29, 1.82) is 0 Å². The normalized spacial score (nSPS) is 14.5. The maximum absolute atomic E-state index is 12.3. The molecule has 0 aromatic heterocycles. The number of hydrogen-bond donors (Lipinski definition) is 2. The van der Waals surface area contributed by atoms with E-state index in [0.717, 1.165) is 10.5 Å². The number of quaternary nitrogens is 1.